The average Bonchev–Trinajstić information content (AvgIpc) is 3.07. The molecule has 31 heavy (non-hydrogen) atoms. The summed E-state index contributed by atoms with van der Waals surface area (Å²) in [6, 6.07) is 12.0. The fraction of sp³-hybridized carbons (Fsp3) is 0.261. The second kappa shape index (κ2) is 10.2. The third-order valence-corrected chi connectivity index (χ3v) is 5.62. The van der Waals surface area contributed by atoms with Gasteiger partial charge in [-0.3, -0.25) is 14.7 Å². The standard InChI is InChI=1S/C23H24N2O5S/c1-4-24-23-25(5-2)21(26)19(31-23)13-16-9-7-11-18(29-3)20(16)30-14-15-8-6-10-17(12-15)22(27)28/h6-13H,4-5,14H2,1-3H3,(H,27,28)/b19-13+,24-23?. The predicted octanol–water partition coefficient (Wildman–Crippen LogP) is 4.28. The lowest BCUT2D eigenvalue weighted by Gasteiger charge is -2.14. The Bertz CT molecular complexity index is 1050. The van der Waals surface area contributed by atoms with Crippen LogP contribution in [0.1, 0.15) is 35.3 Å². The van der Waals surface area contributed by atoms with Crippen molar-refractivity contribution in [2.45, 2.75) is 20.5 Å². The Hall–Kier alpha value is -3.26. The maximum absolute atomic E-state index is 12.8. The first-order chi connectivity index (χ1) is 15.0. The third kappa shape index (κ3) is 5.08. The number of likely N-dealkylation sites (N-methyl/N-ethyl adjacent to an activating group) is 1. The quantitative estimate of drug-likeness (QED) is 0.616. The van der Waals surface area contributed by atoms with Crippen LogP contribution in [-0.2, 0) is 11.4 Å². The monoisotopic (exact) mass is 440 g/mol. The molecule has 1 aliphatic rings. The zero-order valence-corrected chi connectivity index (χ0v) is 18.4. The first-order valence-electron chi connectivity index (χ1n) is 9.86. The highest BCUT2D eigenvalue weighted by Gasteiger charge is 2.32. The molecule has 2 aromatic rings. The van der Waals surface area contributed by atoms with Crippen molar-refractivity contribution < 1.29 is 24.2 Å². The lowest BCUT2D eigenvalue weighted by molar-refractivity contribution is -0.122. The second-order valence-electron chi connectivity index (χ2n) is 6.59. The van der Waals surface area contributed by atoms with E-state index in [9.17, 15) is 14.7 Å². The number of hydrogen-bond donors (Lipinski definition) is 1. The number of aromatic carboxylic acids is 1. The zero-order valence-electron chi connectivity index (χ0n) is 17.6. The summed E-state index contributed by atoms with van der Waals surface area (Å²) >= 11 is 1.34. The van der Waals surface area contributed by atoms with Gasteiger partial charge in [-0.05, 0) is 55.4 Å². The number of carboxylic acid groups (broad SMARTS) is 1. The minimum Gasteiger partial charge on any atom is -0.493 e. The second-order valence-corrected chi connectivity index (χ2v) is 7.60. The summed E-state index contributed by atoms with van der Waals surface area (Å²) in [5, 5.41) is 9.88. The van der Waals surface area contributed by atoms with Gasteiger partial charge in [0.15, 0.2) is 16.7 Å². The number of rotatable bonds is 8. The number of hydrogen-bond acceptors (Lipinski definition) is 6. The molecule has 2 aromatic carbocycles. The largest absolute Gasteiger partial charge is 0.493 e. The van der Waals surface area contributed by atoms with Gasteiger partial charge in [-0.2, -0.15) is 0 Å². The van der Waals surface area contributed by atoms with Crippen LogP contribution in [0.5, 0.6) is 11.5 Å². The molecule has 0 atom stereocenters. The van der Waals surface area contributed by atoms with Crippen molar-refractivity contribution in [1.29, 1.82) is 0 Å². The first kappa shape index (κ1) is 22.4. The molecule has 7 nitrogen and oxygen atoms in total. The van der Waals surface area contributed by atoms with E-state index in [2.05, 4.69) is 4.99 Å². The lowest BCUT2D eigenvalue weighted by atomic mass is 10.1. The van der Waals surface area contributed by atoms with Gasteiger partial charge in [0.1, 0.15) is 6.61 Å². The highest BCUT2D eigenvalue weighted by atomic mass is 32.2. The minimum atomic E-state index is -0.994. The molecule has 0 aromatic heterocycles. The first-order valence-corrected chi connectivity index (χ1v) is 10.7. The number of ether oxygens (including phenoxy) is 2. The van der Waals surface area contributed by atoms with Crippen molar-refractivity contribution in [3.63, 3.8) is 0 Å². The molecule has 0 spiro atoms. The van der Waals surface area contributed by atoms with E-state index in [0.29, 0.717) is 45.8 Å². The molecule has 1 aliphatic heterocycles. The predicted molar refractivity (Wildman–Crippen MR) is 122 cm³/mol. The SMILES string of the molecule is CCN=C1S/C(=C/c2cccc(OC)c2OCc2cccc(C(=O)O)c2)C(=O)N1CC. The molecule has 3 rings (SSSR count). The molecule has 162 valence electrons. The topological polar surface area (TPSA) is 88.4 Å². The molecule has 8 heteroatoms. The van der Waals surface area contributed by atoms with Crippen molar-refractivity contribution in [2.24, 2.45) is 4.99 Å². The van der Waals surface area contributed by atoms with Crippen LogP contribution >= 0.6 is 11.8 Å². The van der Waals surface area contributed by atoms with Crippen molar-refractivity contribution in [3.8, 4) is 11.5 Å². The Balaban J connectivity index is 1.92. The number of aliphatic imine (C=N–C) groups is 1. The maximum atomic E-state index is 12.8. The maximum Gasteiger partial charge on any atom is 0.335 e. The van der Waals surface area contributed by atoms with Crippen LogP contribution in [0.15, 0.2) is 52.4 Å². The van der Waals surface area contributed by atoms with Crippen molar-refractivity contribution in [3.05, 3.63) is 64.1 Å². The van der Waals surface area contributed by atoms with Crippen LogP contribution < -0.4 is 9.47 Å². The molecule has 1 amide bonds. The molecular formula is C23H24N2O5S. The molecule has 0 aliphatic carbocycles. The van der Waals surface area contributed by atoms with Gasteiger partial charge in [0.2, 0.25) is 0 Å². The van der Waals surface area contributed by atoms with E-state index in [-0.39, 0.29) is 18.1 Å². The molecule has 1 heterocycles. The van der Waals surface area contributed by atoms with Crippen LogP contribution in [0.3, 0.4) is 0 Å². The van der Waals surface area contributed by atoms with E-state index in [1.165, 1.54) is 17.8 Å². The molecule has 0 unspecified atom stereocenters. The van der Waals surface area contributed by atoms with Gasteiger partial charge in [0.25, 0.3) is 5.91 Å². The number of carbonyl (C=O) groups is 2. The molecule has 1 fully saturated rings. The minimum absolute atomic E-state index is 0.0948. The van der Waals surface area contributed by atoms with Gasteiger partial charge in [0.05, 0.1) is 17.6 Å². The van der Waals surface area contributed by atoms with E-state index < -0.39 is 5.97 Å². The number of para-hydroxylation sites is 1. The van der Waals surface area contributed by atoms with Crippen LogP contribution in [0.2, 0.25) is 0 Å². The number of methoxy groups -OCH3 is 1. The number of nitrogens with zero attached hydrogens (tertiary/aromatic N) is 2. The molecule has 1 saturated heterocycles. The van der Waals surface area contributed by atoms with Gasteiger partial charge < -0.3 is 14.6 Å². The summed E-state index contributed by atoms with van der Waals surface area (Å²) in [4.78, 5) is 30.6. The fourth-order valence-corrected chi connectivity index (χ4v) is 4.19. The summed E-state index contributed by atoms with van der Waals surface area (Å²) in [7, 11) is 1.55. The zero-order chi connectivity index (χ0) is 22.4. The number of carbonyl (C=O) groups excluding carboxylic acids is 1. The molecule has 0 radical (unpaired) electrons. The fourth-order valence-electron chi connectivity index (χ4n) is 3.09. The molecule has 0 saturated carbocycles. The lowest BCUT2D eigenvalue weighted by Crippen LogP contribution is -2.28. The van der Waals surface area contributed by atoms with Gasteiger partial charge >= 0.3 is 5.97 Å². The molecule has 1 N–H and O–H groups in total. The summed E-state index contributed by atoms with van der Waals surface area (Å²) in [5.74, 6) is -0.0847. The smallest absolute Gasteiger partial charge is 0.335 e. The molecular weight excluding hydrogens is 416 g/mol. The van der Waals surface area contributed by atoms with Crippen LogP contribution in [0.4, 0.5) is 0 Å². The number of carboxylic acids is 1. The van der Waals surface area contributed by atoms with E-state index >= 15 is 0 Å². The highest BCUT2D eigenvalue weighted by molar-refractivity contribution is 8.18. The number of amidine groups is 1. The van der Waals surface area contributed by atoms with E-state index in [1.54, 1.807) is 42.4 Å². The Morgan fingerprint density at radius 2 is 2.00 bits per heavy atom. The van der Waals surface area contributed by atoms with Gasteiger partial charge in [-0.15, -0.1) is 0 Å². The van der Waals surface area contributed by atoms with E-state index in [1.807, 2.05) is 26.0 Å². The Morgan fingerprint density at radius 3 is 2.68 bits per heavy atom. The Kier molecular flexibility index (Phi) is 7.36. The van der Waals surface area contributed by atoms with Crippen LogP contribution in [0.25, 0.3) is 6.08 Å². The third-order valence-electron chi connectivity index (χ3n) is 4.57. The van der Waals surface area contributed by atoms with Gasteiger partial charge in [-0.1, -0.05) is 24.3 Å². The summed E-state index contributed by atoms with van der Waals surface area (Å²) in [6.45, 7) is 5.15. The van der Waals surface area contributed by atoms with Crippen molar-refractivity contribution in [2.75, 3.05) is 20.2 Å². The van der Waals surface area contributed by atoms with Crippen molar-refractivity contribution >= 4 is 34.9 Å². The normalized spacial score (nSPS) is 16.2. The van der Waals surface area contributed by atoms with Crippen LogP contribution in [-0.4, -0.2) is 47.2 Å². The van der Waals surface area contributed by atoms with Crippen LogP contribution in [0, 0.1) is 0 Å². The average molecular weight is 441 g/mol. The van der Waals surface area contributed by atoms with Crippen molar-refractivity contribution in [1.82, 2.24) is 4.90 Å². The highest BCUT2D eigenvalue weighted by Crippen LogP contribution is 2.37. The summed E-state index contributed by atoms with van der Waals surface area (Å²) in [5.41, 5.74) is 1.60. The summed E-state index contributed by atoms with van der Waals surface area (Å²) < 4.78 is 11.5. The Labute approximate surface area is 185 Å². The molecule has 0 bridgehead atoms. The number of amides is 1. The number of benzene rings is 2. The summed E-state index contributed by atoms with van der Waals surface area (Å²) in [6.07, 6.45) is 1.78. The number of thioether (sulfide) groups is 1. The van der Waals surface area contributed by atoms with E-state index in [0.717, 1.165) is 0 Å². The van der Waals surface area contributed by atoms with Gasteiger partial charge in [-0.25, -0.2) is 4.79 Å². The van der Waals surface area contributed by atoms with Gasteiger partial charge in [0, 0.05) is 18.7 Å². The van der Waals surface area contributed by atoms with E-state index in [4.69, 9.17) is 9.47 Å². The Morgan fingerprint density at radius 1 is 1.23 bits per heavy atom.